The van der Waals surface area contributed by atoms with E-state index >= 15 is 0 Å². The van der Waals surface area contributed by atoms with Crippen LogP contribution in [0.1, 0.15) is 40.5 Å². The third-order valence-corrected chi connectivity index (χ3v) is 5.02. The first-order chi connectivity index (χ1) is 9.80. The molecule has 5 heteroatoms. The molecule has 0 atom stereocenters. The Hall–Kier alpha value is -1.20. The Morgan fingerprint density at radius 3 is 2.14 bits per heavy atom. The van der Waals surface area contributed by atoms with Crippen molar-refractivity contribution in [1.29, 1.82) is 0 Å². The third kappa shape index (κ3) is 2.53. The molecule has 0 aromatic heterocycles. The van der Waals surface area contributed by atoms with Crippen molar-refractivity contribution in [3.05, 3.63) is 18.2 Å². The first-order valence-electron chi connectivity index (χ1n) is 7.80. The van der Waals surface area contributed by atoms with Crippen molar-refractivity contribution in [1.82, 2.24) is 0 Å². The van der Waals surface area contributed by atoms with E-state index in [4.69, 9.17) is 15.0 Å². The molecule has 0 radical (unpaired) electrons. The monoisotopic (exact) mass is 288 g/mol. The van der Waals surface area contributed by atoms with E-state index in [1.807, 2.05) is 6.07 Å². The standard InChI is InChI=1S/C16H25BN2O2/c1-15(2)16(3,4)21-17(20-15)12-7-8-14(13(18)11-12)19-9-5-6-10-19/h7-8,11H,5-6,9-10,18H2,1-4H3. The highest BCUT2D eigenvalue weighted by Crippen LogP contribution is 2.37. The van der Waals surface area contributed by atoms with Gasteiger partial charge in [0.2, 0.25) is 0 Å². The maximum atomic E-state index is 6.25. The van der Waals surface area contributed by atoms with Crippen LogP contribution in [-0.2, 0) is 9.31 Å². The number of hydrogen-bond donors (Lipinski definition) is 1. The van der Waals surface area contributed by atoms with E-state index in [0.717, 1.165) is 29.9 Å². The van der Waals surface area contributed by atoms with Crippen LogP contribution in [0.3, 0.4) is 0 Å². The van der Waals surface area contributed by atoms with Crippen LogP contribution in [-0.4, -0.2) is 31.4 Å². The molecule has 2 saturated heterocycles. The van der Waals surface area contributed by atoms with Gasteiger partial charge >= 0.3 is 7.12 Å². The second-order valence-electron chi connectivity index (χ2n) is 7.10. The minimum absolute atomic E-state index is 0.319. The van der Waals surface area contributed by atoms with Crippen molar-refractivity contribution in [2.75, 3.05) is 23.7 Å². The largest absolute Gasteiger partial charge is 0.494 e. The van der Waals surface area contributed by atoms with E-state index in [9.17, 15) is 0 Å². The number of hydrogen-bond acceptors (Lipinski definition) is 4. The van der Waals surface area contributed by atoms with E-state index in [0.29, 0.717) is 0 Å². The van der Waals surface area contributed by atoms with Gasteiger partial charge in [0.15, 0.2) is 0 Å². The summed E-state index contributed by atoms with van der Waals surface area (Å²) in [7, 11) is -0.343. The predicted molar refractivity (Wildman–Crippen MR) is 88.0 cm³/mol. The number of nitrogens with zero attached hydrogens (tertiary/aromatic N) is 1. The van der Waals surface area contributed by atoms with E-state index in [1.54, 1.807) is 0 Å². The van der Waals surface area contributed by atoms with Gasteiger partial charge in [-0.1, -0.05) is 6.07 Å². The fourth-order valence-corrected chi connectivity index (χ4v) is 2.94. The Balaban J connectivity index is 1.83. The molecule has 1 aromatic rings. The van der Waals surface area contributed by atoms with E-state index in [1.165, 1.54) is 12.8 Å². The summed E-state index contributed by atoms with van der Waals surface area (Å²) in [6, 6.07) is 6.17. The second kappa shape index (κ2) is 4.92. The lowest BCUT2D eigenvalue weighted by Crippen LogP contribution is -2.41. The minimum atomic E-state index is -0.343. The molecule has 2 fully saturated rings. The average molecular weight is 288 g/mol. The SMILES string of the molecule is CC1(C)OB(c2ccc(N3CCCC3)c(N)c2)OC1(C)C. The van der Waals surface area contributed by atoms with Gasteiger partial charge in [-0.3, -0.25) is 0 Å². The van der Waals surface area contributed by atoms with Crippen LogP contribution in [0, 0.1) is 0 Å². The molecule has 2 N–H and O–H groups in total. The lowest BCUT2D eigenvalue weighted by atomic mass is 9.79. The van der Waals surface area contributed by atoms with Crippen molar-refractivity contribution in [2.45, 2.75) is 51.7 Å². The molecule has 1 aromatic carbocycles. The maximum Gasteiger partial charge on any atom is 0.494 e. The molecule has 0 amide bonds. The first-order valence-corrected chi connectivity index (χ1v) is 7.80. The van der Waals surface area contributed by atoms with Gasteiger partial charge in [-0.15, -0.1) is 0 Å². The van der Waals surface area contributed by atoms with Crippen molar-refractivity contribution >= 4 is 24.0 Å². The van der Waals surface area contributed by atoms with Gasteiger partial charge in [-0.2, -0.15) is 0 Å². The summed E-state index contributed by atoms with van der Waals surface area (Å²) in [5, 5.41) is 0. The normalized spacial score (nSPS) is 23.8. The fourth-order valence-electron chi connectivity index (χ4n) is 2.94. The number of nitrogen functional groups attached to an aromatic ring is 1. The van der Waals surface area contributed by atoms with Crippen molar-refractivity contribution in [2.24, 2.45) is 0 Å². The Labute approximate surface area is 127 Å². The van der Waals surface area contributed by atoms with Crippen LogP contribution in [0.25, 0.3) is 0 Å². The molecule has 2 heterocycles. The Kier molecular flexibility index (Phi) is 3.45. The molecule has 0 spiro atoms. The van der Waals surface area contributed by atoms with Gasteiger partial charge in [-0.25, -0.2) is 0 Å². The van der Waals surface area contributed by atoms with Crippen molar-refractivity contribution in [3.8, 4) is 0 Å². The second-order valence-corrected chi connectivity index (χ2v) is 7.10. The Bertz CT molecular complexity index is 523. The zero-order valence-corrected chi connectivity index (χ0v) is 13.5. The zero-order chi connectivity index (χ0) is 15.3. The zero-order valence-electron chi connectivity index (χ0n) is 13.5. The van der Waals surface area contributed by atoms with E-state index in [2.05, 4.69) is 44.7 Å². The van der Waals surface area contributed by atoms with Crippen molar-refractivity contribution < 1.29 is 9.31 Å². The van der Waals surface area contributed by atoms with Crippen LogP contribution in [0.15, 0.2) is 18.2 Å². The average Bonchev–Trinajstić information content (AvgIpc) is 2.96. The highest BCUT2D eigenvalue weighted by atomic mass is 16.7. The molecule has 21 heavy (non-hydrogen) atoms. The quantitative estimate of drug-likeness (QED) is 0.669. The first kappa shape index (κ1) is 14.7. The van der Waals surface area contributed by atoms with Gasteiger partial charge in [0, 0.05) is 13.1 Å². The third-order valence-electron chi connectivity index (χ3n) is 5.02. The van der Waals surface area contributed by atoms with E-state index < -0.39 is 0 Å². The Morgan fingerprint density at radius 2 is 1.62 bits per heavy atom. The molecular weight excluding hydrogens is 263 g/mol. The van der Waals surface area contributed by atoms with Crippen molar-refractivity contribution in [3.63, 3.8) is 0 Å². The molecular formula is C16H25BN2O2. The van der Waals surface area contributed by atoms with Crippen LogP contribution in [0.5, 0.6) is 0 Å². The maximum absolute atomic E-state index is 6.25. The molecule has 3 rings (SSSR count). The van der Waals surface area contributed by atoms with Gasteiger partial charge in [0.1, 0.15) is 0 Å². The van der Waals surface area contributed by atoms with E-state index in [-0.39, 0.29) is 18.3 Å². The number of rotatable bonds is 2. The predicted octanol–water partition coefficient (Wildman–Crippen LogP) is 2.17. The summed E-state index contributed by atoms with van der Waals surface area (Å²) in [5.41, 5.74) is 8.55. The summed E-state index contributed by atoms with van der Waals surface area (Å²) in [6.45, 7) is 10.5. The molecule has 114 valence electrons. The summed E-state index contributed by atoms with van der Waals surface area (Å²) in [6.07, 6.45) is 2.50. The number of nitrogens with two attached hydrogens (primary N) is 1. The van der Waals surface area contributed by atoms with Gasteiger partial charge in [0.05, 0.1) is 22.6 Å². The molecule has 0 aliphatic carbocycles. The topological polar surface area (TPSA) is 47.7 Å². The van der Waals surface area contributed by atoms with Gasteiger partial charge in [-0.05, 0) is 58.1 Å². The highest BCUT2D eigenvalue weighted by molar-refractivity contribution is 6.62. The highest BCUT2D eigenvalue weighted by Gasteiger charge is 2.51. The van der Waals surface area contributed by atoms with Crippen LogP contribution in [0.4, 0.5) is 11.4 Å². The molecule has 2 aliphatic heterocycles. The Morgan fingerprint density at radius 1 is 1.05 bits per heavy atom. The number of anilines is 2. The summed E-state index contributed by atoms with van der Waals surface area (Å²) >= 11 is 0. The van der Waals surface area contributed by atoms with Gasteiger partial charge in [0.25, 0.3) is 0 Å². The molecule has 0 saturated carbocycles. The molecule has 0 unspecified atom stereocenters. The lowest BCUT2D eigenvalue weighted by molar-refractivity contribution is 0.00578. The molecule has 0 bridgehead atoms. The molecule has 2 aliphatic rings. The summed E-state index contributed by atoms with van der Waals surface area (Å²) < 4.78 is 12.2. The summed E-state index contributed by atoms with van der Waals surface area (Å²) in [4.78, 5) is 2.35. The number of benzene rings is 1. The summed E-state index contributed by atoms with van der Waals surface area (Å²) in [5.74, 6) is 0. The minimum Gasteiger partial charge on any atom is -0.399 e. The van der Waals surface area contributed by atoms with Crippen LogP contribution < -0.4 is 16.1 Å². The lowest BCUT2D eigenvalue weighted by Gasteiger charge is -2.32. The van der Waals surface area contributed by atoms with Crippen LogP contribution in [0.2, 0.25) is 0 Å². The molecule has 4 nitrogen and oxygen atoms in total. The van der Waals surface area contributed by atoms with Gasteiger partial charge < -0.3 is 19.9 Å². The fraction of sp³-hybridized carbons (Fsp3) is 0.625. The smallest absolute Gasteiger partial charge is 0.399 e. The van der Waals surface area contributed by atoms with Crippen LogP contribution >= 0.6 is 0 Å².